The van der Waals surface area contributed by atoms with E-state index in [1.807, 2.05) is 4.90 Å². The Hall–Kier alpha value is -1.49. The molecule has 2 rings (SSSR count). The molecule has 1 atom stereocenters. The van der Waals surface area contributed by atoms with Crippen molar-refractivity contribution in [3.05, 3.63) is 17.9 Å². The van der Waals surface area contributed by atoms with Crippen LogP contribution in [0, 0.1) is 5.82 Å². The van der Waals surface area contributed by atoms with Crippen molar-refractivity contribution in [3.63, 3.8) is 0 Å². The first-order chi connectivity index (χ1) is 8.15. The summed E-state index contributed by atoms with van der Waals surface area (Å²) in [5.41, 5.74) is 12.8. The van der Waals surface area contributed by atoms with E-state index in [0.29, 0.717) is 23.7 Å². The van der Waals surface area contributed by atoms with Gasteiger partial charge in [-0.3, -0.25) is 0 Å². The number of benzene rings is 1. The molecule has 0 aliphatic carbocycles. The van der Waals surface area contributed by atoms with Crippen LogP contribution in [0.25, 0.3) is 0 Å². The van der Waals surface area contributed by atoms with E-state index in [2.05, 4.69) is 0 Å². The van der Waals surface area contributed by atoms with Crippen molar-refractivity contribution in [2.75, 3.05) is 36.6 Å². The Kier molecular flexibility index (Phi) is 3.38. The third-order valence-electron chi connectivity index (χ3n) is 3.22. The van der Waals surface area contributed by atoms with Gasteiger partial charge in [0.25, 0.3) is 0 Å². The van der Waals surface area contributed by atoms with Crippen LogP contribution in [-0.2, 0) is 4.74 Å². The molecule has 0 bridgehead atoms. The molecule has 94 valence electrons. The molecular weight excluding hydrogens is 221 g/mol. The van der Waals surface area contributed by atoms with Gasteiger partial charge >= 0.3 is 0 Å². The van der Waals surface area contributed by atoms with Gasteiger partial charge < -0.3 is 21.1 Å². The Morgan fingerprint density at radius 1 is 1.47 bits per heavy atom. The van der Waals surface area contributed by atoms with Crippen molar-refractivity contribution in [2.24, 2.45) is 0 Å². The van der Waals surface area contributed by atoms with E-state index in [9.17, 15) is 4.39 Å². The smallest absolute Gasteiger partial charge is 0.148 e. The molecule has 1 aliphatic heterocycles. The van der Waals surface area contributed by atoms with Gasteiger partial charge in [0.05, 0.1) is 29.7 Å². The fraction of sp³-hybridized carbons (Fsp3) is 0.500. The van der Waals surface area contributed by atoms with Crippen LogP contribution in [0.5, 0.6) is 0 Å². The number of halogens is 1. The number of methoxy groups -OCH3 is 1. The molecule has 1 aromatic rings. The number of ether oxygens (including phenoxy) is 1. The molecule has 1 aromatic carbocycles. The number of nitrogens with two attached hydrogens (primary N) is 2. The predicted molar refractivity (Wildman–Crippen MR) is 67.5 cm³/mol. The molecule has 0 aromatic heterocycles. The highest BCUT2D eigenvalue weighted by molar-refractivity contribution is 5.80. The number of nitrogens with zero attached hydrogens (tertiary/aromatic N) is 1. The van der Waals surface area contributed by atoms with E-state index in [0.717, 1.165) is 19.4 Å². The summed E-state index contributed by atoms with van der Waals surface area (Å²) >= 11 is 0. The molecule has 1 fully saturated rings. The molecule has 5 heteroatoms. The molecule has 1 aliphatic rings. The van der Waals surface area contributed by atoms with Crippen LogP contribution in [0.4, 0.5) is 21.5 Å². The highest BCUT2D eigenvalue weighted by atomic mass is 19.1. The second-order valence-electron chi connectivity index (χ2n) is 4.34. The van der Waals surface area contributed by atoms with Crippen molar-refractivity contribution >= 4 is 17.1 Å². The van der Waals surface area contributed by atoms with Gasteiger partial charge in [-0.25, -0.2) is 4.39 Å². The summed E-state index contributed by atoms with van der Waals surface area (Å²) in [4.78, 5) is 1.96. The summed E-state index contributed by atoms with van der Waals surface area (Å²) in [7, 11) is 1.65. The summed E-state index contributed by atoms with van der Waals surface area (Å²) in [6, 6.07) is 3.04. The fourth-order valence-electron chi connectivity index (χ4n) is 2.38. The summed E-state index contributed by atoms with van der Waals surface area (Å²) in [6.45, 7) is 1.37. The van der Waals surface area contributed by atoms with Crippen LogP contribution in [0.15, 0.2) is 12.1 Å². The lowest BCUT2D eigenvalue weighted by molar-refractivity contribution is 0.180. The lowest BCUT2D eigenvalue weighted by Crippen LogP contribution is -2.34. The maximum atomic E-state index is 13.9. The molecule has 0 amide bonds. The van der Waals surface area contributed by atoms with Crippen molar-refractivity contribution in [2.45, 2.75) is 18.9 Å². The Morgan fingerprint density at radius 3 is 2.94 bits per heavy atom. The van der Waals surface area contributed by atoms with Crippen molar-refractivity contribution in [1.82, 2.24) is 0 Å². The Bertz CT molecular complexity index is 411. The molecule has 1 unspecified atom stereocenters. The third-order valence-corrected chi connectivity index (χ3v) is 3.22. The first-order valence-corrected chi connectivity index (χ1v) is 5.74. The quantitative estimate of drug-likeness (QED) is 0.786. The van der Waals surface area contributed by atoms with Crippen molar-refractivity contribution in [3.8, 4) is 0 Å². The minimum atomic E-state index is -0.320. The van der Waals surface area contributed by atoms with Crippen LogP contribution in [-0.4, -0.2) is 26.3 Å². The van der Waals surface area contributed by atoms with Gasteiger partial charge in [0.2, 0.25) is 0 Å². The standard InChI is InChI=1S/C12H18FN3O/c1-17-7-8-3-2-6-16(8)12-9(13)4-5-10(14)11(12)15/h4-5,8H,2-3,6-7,14-15H2,1H3. The first kappa shape index (κ1) is 12.0. The van der Waals surface area contributed by atoms with Crippen molar-refractivity contribution in [1.29, 1.82) is 0 Å². The molecule has 0 spiro atoms. The van der Waals surface area contributed by atoms with Gasteiger partial charge in [-0.2, -0.15) is 0 Å². The maximum absolute atomic E-state index is 13.9. The van der Waals surface area contributed by atoms with E-state index in [1.165, 1.54) is 12.1 Å². The minimum Gasteiger partial charge on any atom is -0.397 e. The topological polar surface area (TPSA) is 64.5 Å². The third kappa shape index (κ3) is 2.15. The highest BCUT2D eigenvalue weighted by Crippen LogP contribution is 2.36. The van der Waals surface area contributed by atoms with E-state index in [1.54, 1.807) is 7.11 Å². The molecular formula is C12H18FN3O. The fourth-order valence-corrected chi connectivity index (χ4v) is 2.38. The summed E-state index contributed by atoms with van der Waals surface area (Å²) in [5, 5.41) is 0. The SMILES string of the molecule is COCC1CCCN1c1c(F)ccc(N)c1N. The lowest BCUT2D eigenvalue weighted by Gasteiger charge is -2.28. The zero-order valence-electron chi connectivity index (χ0n) is 9.95. The molecule has 4 N–H and O–H groups in total. The number of nitrogen functional groups attached to an aromatic ring is 2. The Balaban J connectivity index is 2.36. The molecule has 1 heterocycles. The maximum Gasteiger partial charge on any atom is 0.148 e. The van der Waals surface area contributed by atoms with Crippen LogP contribution in [0.3, 0.4) is 0 Å². The largest absolute Gasteiger partial charge is 0.397 e. The van der Waals surface area contributed by atoms with Crippen LogP contribution in [0.2, 0.25) is 0 Å². The molecule has 0 radical (unpaired) electrons. The number of anilines is 3. The van der Waals surface area contributed by atoms with E-state index in [-0.39, 0.29) is 11.9 Å². The van der Waals surface area contributed by atoms with Crippen molar-refractivity contribution < 1.29 is 9.13 Å². The van der Waals surface area contributed by atoms with Crippen LogP contribution in [0.1, 0.15) is 12.8 Å². The van der Waals surface area contributed by atoms with E-state index in [4.69, 9.17) is 16.2 Å². The zero-order valence-corrected chi connectivity index (χ0v) is 9.95. The normalized spacial score (nSPS) is 19.9. The van der Waals surface area contributed by atoms with Gasteiger partial charge in [-0.15, -0.1) is 0 Å². The first-order valence-electron chi connectivity index (χ1n) is 5.74. The average molecular weight is 239 g/mol. The number of hydrogen-bond donors (Lipinski definition) is 2. The second kappa shape index (κ2) is 4.79. The average Bonchev–Trinajstić information content (AvgIpc) is 2.73. The van der Waals surface area contributed by atoms with Gasteiger partial charge in [-0.1, -0.05) is 0 Å². The van der Waals surface area contributed by atoms with E-state index >= 15 is 0 Å². The van der Waals surface area contributed by atoms with Gasteiger partial charge in [-0.05, 0) is 25.0 Å². The lowest BCUT2D eigenvalue weighted by atomic mass is 10.1. The van der Waals surface area contributed by atoms with Gasteiger partial charge in [0.1, 0.15) is 5.82 Å². The minimum absolute atomic E-state index is 0.179. The zero-order chi connectivity index (χ0) is 12.4. The summed E-state index contributed by atoms with van der Waals surface area (Å²) in [6.07, 6.45) is 2.00. The molecule has 4 nitrogen and oxygen atoms in total. The van der Waals surface area contributed by atoms with Crippen LogP contribution < -0.4 is 16.4 Å². The summed E-state index contributed by atoms with van der Waals surface area (Å²) in [5.74, 6) is -0.320. The molecule has 1 saturated heterocycles. The second-order valence-corrected chi connectivity index (χ2v) is 4.34. The Morgan fingerprint density at radius 2 is 2.24 bits per heavy atom. The monoisotopic (exact) mass is 239 g/mol. The molecule has 0 saturated carbocycles. The number of hydrogen-bond acceptors (Lipinski definition) is 4. The molecule has 17 heavy (non-hydrogen) atoms. The highest BCUT2D eigenvalue weighted by Gasteiger charge is 2.28. The Labute approximate surface area is 100 Å². The number of rotatable bonds is 3. The van der Waals surface area contributed by atoms with E-state index < -0.39 is 0 Å². The van der Waals surface area contributed by atoms with Gasteiger partial charge in [0, 0.05) is 13.7 Å². The summed E-state index contributed by atoms with van der Waals surface area (Å²) < 4.78 is 19.0. The predicted octanol–water partition coefficient (Wildman–Crippen LogP) is 1.61. The van der Waals surface area contributed by atoms with Crippen LogP contribution >= 0.6 is 0 Å². The van der Waals surface area contributed by atoms with Gasteiger partial charge in [0.15, 0.2) is 0 Å².